The van der Waals surface area contributed by atoms with Crippen LogP contribution in [0.2, 0.25) is 0 Å². The summed E-state index contributed by atoms with van der Waals surface area (Å²) in [5.74, 6) is 1.49. The molecule has 0 saturated carbocycles. The van der Waals surface area contributed by atoms with Crippen molar-refractivity contribution in [1.29, 1.82) is 0 Å². The first-order valence-electron chi connectivity index (χ1n) is 5.97. The van der Waals surface area contributed by atoms with Gasteiger partial charge in [0.1, 0.15) is 0 Å². The molecule has 2 heterocycles. The molecule has 1 fully saturated rings. The molecule has 0 amide bonds. The summed E-state index contributed by atoms with van der Waals surface area (Å²) in [7, 11) is 0. The highest BCUT2D eigenvalue weighted by Gasteiger charge is 2.26. The van der Waals surface area contributed by atoms with Gasteiger partial charge in [0.2, 0.25) is 0 Å². The van der Waals surface area contributed by atoms with E-state index < -0.39 is 6.10 Å². The Morgan fingerprint density at radius 3 is 2.38 bits per heavy atom. The number of nitrogens with zero attached hydrogens (tertiary/aromatic N) is 2. The SMILES string of the molecule is CC(O)c1ccc(N2CC(C)C(C)C2)cn1. The molecule has 0 bridgehead atoms. The molecular weight excluding hydrogens is 200 g/mol. The van der Waals surface area contributed by atoms with Crippen LogP contribution in [-0.2, 0) is 0 Å². The van der Waals surface area contributed by atoms with E-state index in [1.807, 2.05) is 12.3 Å². The predicted molar refractivity (Wildman–Crippen MR) is 65.4 cm³/mol. The number of anilines is 1. The molecule has 88 valence electrons. The molecule has 1 aliphatic heterocycles. The van der Waals surface area contributed by atoms with Crippen molar-refractivity contribution in [3.05, 3.63) is 24.0 Å². The molecule has 1 saturated heterocycles. The Balaban J connectivity index is 2.11. The predicted octanol–water partition coefficient (Wildman–Crippen LogP) is 2.23. The molecule has 0 spiro atoms. The van der Waals surface area contributed by atoms with Crippen molar-refractivity contribution >= 4 is 5.69 Å². The number of hydrogen-bond donors (Lipinski definition) is 1. The molecule has 1 aromatic heterocycles. The quantitative estimate of drug-likeness (QED) is 0.830. The second-order valence-electron chi connectivity index (χ2n) is 4.98. The van der Waals surface area contributed by atoms with Gasteiger partial charge in [0.15, 0.2) is 0 Å². The van der Waals surface area contributed by atoms with Crippen LogP contribution in [-0.4, -0.2) is 23.2 Å². The normalized spacial score (nSPS) is 27.1. The lowest BCUT2D eigenvalue weighted by Gasteiger charge is -2.18. The zero-order valence-corrected chi connectivity index (χ0v) is 10.2. The monoisotopic (exact) mass is 220 g/mol. The van der Waals surface area contributed by atoms with Crippen LogP contribution in [0.3, 0.4) is 0 Å². The fourth-order valence-corrected chi connectivity index (χ4v) is 2.17. The van der Waals surface area contributed by atoms with E-state index in [0.29, 0.717) is 0 Å². The maximum Gasteiger partial charge on any atom is 0.0931 e. The van der Waals surface area contributed by atoms with Gasteiger partial charge in [-0.2, -0.15) is 0 Å². The average Bonchev–Trinajstić information content (AvgIpc) is 2.59. The third-order valence-corrected chi connectivity index (χ3v) is 3.55. The van der Waals surface area contributed by atoms with Gasteiger partial charge in [0.25, 0.3) is 0 Å². The maximum atomic E-state index is 9.39. The van der Waals surface area contributed by atoms with E-state index in [0.717, 1.165) is 30.6 Å². The fraction of sp³-hybridized carbons (Fsp3) is 0.615. The van der Waals surface area contributed by atoms with Crippen LogP contribution in [0, 0.1) is 11.8 Å². The minimum Gasteiger partial charge on any atom is -0.387 e. The highest BCUT2D eigenvalue weighted by atomic mass is 16.3. The maximum absolute atomic E-state index is 9.39. The third-order valence-electron chi connectivity index (χ3n) is 3.55. The van der Waals surface area contributed by atoms with Crippen LogP contribution < -0.4 is 4.90 Å². The number of aliphatic hydroxyl groups excluding tert-OH is 1. The molecule has 1 aromatic rings. The first-order valence-corrected chi connectivity index (χ1v) is 5.97. The average molecular weight is 220 g/mol. The zero-order chi connectivity index (χ0) is 11.7. The van der Waals surface area contributed by atoms with Crippen LogP contribution in [0.25, 0.3) is 0 Å². The van der Waals surface area contributed by atoms with Gasteiger partial charge < -0.3 is 10.0 Å². The molecule has 0 aliphatic carbocycles. The summed E-state index contributed by atoms with van der Waals surface area (Å²) in [5, 5.41) is 9.39. The van der Waals surface area contributed by atoms with Gasteiger partial charge in [-0.05, 0) is 30.9 Å². The van der Waals surface area contributed by atoms with Crippen molar-refractivity contribution in [2.24, 2.45) is 11.8 Å². The Morgan fingerprint density at radius 1 is 1.31 bits per heavy atom. The standard InChI is InChI=1S/C13H20N2O/c1-9-7-15(8-10(9)2)12-4-5-13(11(3)16)14-6-12/h4-6,9-11,16H,7-8H2,1-3H3. The number of pyridine rings is 1. The Bertz CT molecular complexity index is 337. The fourth-order valence-electron chi connectivity index (χ4n) is 2.17. The van der Waals surface area contributed by atoms with E-state index in [9.17, 15) is 5.11 Å². The lowest BCUT2D eigenvalue weighted by molar-refractivity contribution is 0.194. The molecule has 0 aromatic carbocycles. The minimum atomic E-state index is -0.481. The van der Waals surface area contributed by atoms with Crippen LogP contribution in [0.1, 0.15) is 32.6 Å². The molecule has 16 heavy (non-hydrogen) atoms. The van der Waals surface area contributed by atoms with E-state index in [2.05, 4.69) is 29.8 Å². The Hall–Kier alpha value is -1.09. The number of aliphatic hydroxyl groups is 1. The topological polar surface area (TPSA) is 36.4 Å². The number of aromatic nitrogens is 1. The van der Waals surface area contributed by atoms with E-state index in [4.69, 9.17) is 0 Å². The van der Waals surface area contributed by atoms with Crippen molar-refractivity contribution in [1.82, 2.24) is 4.98 Å². The van der Waals surface area contributed by atoms with Crippen molar-refractivity contribution in [2.75, 3.05) is 18.0 Å². The summed E-state index contributed by atoms with van der Waals surface area (Å²) in [4.78, 5) is 6.65. The largest absolute Gasteiger partial charge is 0.387 e. The molecule has 3 atom stereocenters. The Morgan fingerprint density at radius 2 is 1.94 bits per heavy atom. The molecular formula is C13H20N2O. The molecule has 3 heteroatoms. The summed E-state index contributed by atoms with van der Waals surface area (Å²) in [5.41, 5.74) is 1.91. The summed E-state index contributed by atoms with van der Waals surface area (Å²) in [6.07, 6.45) is 1.39. The molecule has 1 N–H and O–H groups in total. The summed E-state index contributed by atoms with van der Waals surface area (Å²) in [6.45, 7) is 8.54. The van der Waals surface area contributed by atoms with Crippen LogP contribution >= 0.6 is 0 Å². The summed E-state index contributed by atoms with van der Waals surface area (Å²) < 4.78 is 0. The van der Waals surface area contributed by atoms with Gasteiger partial charge in [0, 0.05) is 13.1 Å². The lowest BCUT2D eigenvalue weighted by Crippen LogP contribution is -2.19. The second-order valence-corrected chi connectivity index (χ2v) is 4.98. The van der Waals surface area contributed by atoms with E-state index >= 15 is 0 Å². The van der Waals surface area contributed by atoms with Crippen molar-refractivity contribution in [3.8, 4) is 0 Å². The van der Waals surface area contributed by atoms with Gasteiger partial charge >= 0.3 is 0 Å². The third kappa shape index (κ3) is 2.19. The molecule has 0 radical (unpaired) electrons. The Kier molecular flexibility index (Phi) is 3.15. The van der Waals surface area contributed by atoms with Crippen LogP contribution in [0.15, 0.2) is 18.3 Å². The van der Waals surface area contributed by atoms with Crippen molar-refractivity contribution in [3.63, 3.8) is 0 Å². The van der Waals surface area contributed by atoms with Crippen molar-refractivity contribution in [2.45, 2.75) is 26.9 Å². The zero-order valence-electron chi connectivity index (χ0n) is 10.2. The second kappa shape index (κ2) is 4.42. The van der Waals surface area contributed by atoms with E-state index in [1.54, 1.807) is 6.92 Å². The Labute approximate surface area is 97.1 Å². The highest BCUT2D eigenvalue weighted by molar-refractivity contribution is 5.46. The van der Waals surface area contributed by atoms with Gasteiger partial charge in [0.05, 0.1) is 23.7 Å². The highest BCUT2D eigenvalue weighted by Crippen LogP contribution is 2.27. The minimum absolute atomic E-state index is 0.481. The molecule has 2 rings (SSSR count). The molecule has 3 nitrogen and oxygen atoms in total. The van der Waals surface area contributed by atoms with E-state index in [-0.39, 0.29) is 0 Å². The molecule has 1 aliphatic rings. The number of hydrogen-bond acceptors (Lipinski definition) is 3. The first kappa shape index (κ1) is 11.4. The smallest absolute Gasteiger partial charge is 0.0931 e. The van der Waals surface area contributed by atoms with Gasteiger partial charge in [-0.1, -0.05) is 13.8 Å². The van der Waals surface area contributed by atoms with Crippen molar-refractivity contribution < 1.29 is 5.11 Å². The first-order chi connectivity index (χ1) is 7.58. The lowest BCUT2D eigenvalue weighted by atomic mass is 10.0. The van der Waals surface area contributed by atoms with Gasteiger partial charge in [-0.3, -0.25) is 4.98 Å². The van der Waals surface area contributed by atoms with Crippen LogP contribution in [0.5, 0.6) is 0 Å². The number of rotatable bonds is 2. The molecule has 3 unspecified atom stereocenters. The summed E-state index contributed by atoms with van der Waals surface area (Å²) in [6, 6.07) is 3.97. The summed E-state index contributed by atoms with van der Waals surface area (Å²) >= 11 is 0. The van der Waals surface area contributed by atoms with E-state index in [1.165, 1.54) is 5.69 Å². The van der Waals surface area contributed by atoms with Crippen LogP contribution in [0.4, 0.5) is 5.69 Å². The van der Waals surface area contributed by atoms with Gasteiger partial charge in [-0.25, -0.2) is 0 Å². The van der Waals surface area contributed by atoms with Gasteiger partial charge in [-0.15, -0.1) is 0 Å².